The molecule has 0 fully saturated rings. The Morgan fingerprint density at radius 3 is 2.62 bits per heavy atom. The zero-order valence-electron chi connectivity index (χ0n) is 13.6. The van der Waals surface area contributed by atoms with Crippen LogP contribution in [0.15, 0.2) is 60.7 Å². The lowest BCUT2D eigenvalue weighted by atomic mass is 10.1. The molecule has 0 aliphatic rings. The number of fused-ring (bicyclic) bond motifs is 1. The van der Waals surface area contributed by atoms with Gasteiger partial charge in [-0.05, 0) is 35.0 Å². The Morgan fingerprint density at radius 2 is 1.85 bits per heavy atom. The van der Waals surface area contributed by atoms with Gasteiger partial charge in [0.2, 0.25) is 0 Å². The summed E-state index contributed by atoms with van der Waals surface area (Å²) in [7, 11) is 0. The largest absolute Gasteiger partial charge is 0.492 e. The van der Waals surface area contributed by atoms with Crippen LogP contribution in [0.5, 0.6) is 5.75 Å². The van der Waals surface area contributed by atoms with Gasteiger partial charge in [-0.15, -0.1) is 0 Å². The quantitative estimate of drug-likeness (QED) is 0.400. The number of nitro groups is 1. The van der Waals surface area contributed by atoms with Crippen LogP contribution in [0.2, 0.25) is 5.02 Å². The molecule has 0 aliphatic carbocycles. The molecule has 0 heterocycles. The molecule has 6 nitrogen and oxygen atoms in total. The van der Waals surface area contributed by atoms with Gasteiger partial charge in [0.25, 0.3) is 11.6 Å². The van der Waals surface area contributed by atoms with Gasteiger partial charge >= 0.3 is 0 Å². The van der Waals surface area contributed by atoms with E-state index in [0.717, 1.165) is 10.8 Å². The van der Waals surface area contributed by atoms with Crippen LogP contribution in [0.4, 0.5) is 5.69 Å². The van der Waals surface area contributed by atoms with Crippen molar-refractivity contribution >= 4 is 34.0 Å². The summed E-state index contributed by atoms with van der Waals surface area (Å²) in [6.45, 7) is 0.438. The van der Waals surface area contributed by atoms with E-state index in [-0.39, 0.29) is 29.4 Å². The average Bonchev–Trinajstić information content (AvgIpc) is 2.64. The second-order valence-electron chi connectivity index (χ2n) is 5.53. The highest BCUT2D eigenvalue weighted by Gasteiger charge is 2.20. The fourth-order valence-electron chi connectivity index (χ4n) is 2.54. The number of nitro benzene ring substituents is 1. The lowest BCUT2D eigenvalue weighted by molar-refractivity contribution is -0.385. The number of ether oxygens (including phenoxy) is 1. The van der Waals surface area contributed by atoms with Crippen molar-refractivity contribution in [3.05, 3.63) is 81.4 Å². The number of rotatable bonds is 6. The Morgan fingerprint density at radius 1 is 1.08 bits per heavy atom. The van der Waals surface area contributed by atoms with Gasteiger partial charge in [0, 0.05) is 11.1 Å². The lowest BCUT2D eigenvalue weighted by Crippen LogP contribution is -2.28. The molecule has 3 rings (SSSR count). The molecule has 26 heavy (non-hydrogen) atoms. The topological polar surface area (TPSA) is 81.5 Å². The molecule has 0 radical (unpaired) electrons. The van der Waals surface area contributed by atoms with Gasteiger partial charge in [-0.25, -0.2) is 0 Å². The third-order valence-electron chi connectivity index (χ3n) is 3.78. The number of amides is 1. The van der Waals surface area contributed by atoms with E-state index in [1.54, 1.807) is 0 Å². The minimum absolute atomic E-state index is 0.0757. The minimum atomic E-state index is -0.614. The third-order valence-corrected chi connectivity index (χ3v) is 4.01. The van der Waals surface area contributed by atoms with E-state index >= 15 is 0 Å². The zero-order valence-corrected chi connectivity index (χ0v) is 14.4. The summed E-state index contributed by atoms with van der Waals surface area (Å²) in [5.41, 5.74) is -0.365. The van der Waals surface area contributed by atoms with Crippen molar-refractivity contribution < 1.29 is 14.5 Å². The summed E-state index contributed by atoms with van der Waals surface area (Å²) in [5, 5.41) is 16.0. The van der Waals surface area contributed by atoms with Crippen LogP contribution in [0, 0.1) is 10.1 Å². The van der Waals surface area contributed by atoms with Crippen molar-refractivity contribution in [2.45, 2.75) is 0 Å². The van der Waals surface area contributed by atoms with E-state index in [9.17, 15) is 14.9 Å². The molecule has 1 amide bonds. The summed E-state index contributed by atoms with van der Waals surface area (Å²) in [6, 6.07) is 17.5. The van der Waals surface area contributed by atoms with Crippen molar-refractivity contribution in [1.29, 1.82) is 0 Å². The smallest absolute Gasteiger partial charge is 0.282 e. The molecule has 3 aromatic carbocycles. The van der Waals surface area contributed by atoms with Crippen LogP contribution < -0.4 is 10.1 Å². The van der Waals surface area contributed by atoms with Crippen molar-refractivity contribution in [2.75, 3.05) is 13.2 Å². The number of halogens is 1. The number of nitrogens with zero attached hydrogens (tertiary/aromatic N) is 1. The molecule has 132 valence electrons. The van der Waals surface area contributed by atoms with Crippen LogP contribution in [0.25, 0.3) is 10.8 Å². The Hall–Kier alpha value is -3.12. The second kappa shape index (κ2) is 7.84. The Bertz CT molecular complexity index is 975. The maximum absolute atomic E-state index is 12.2. The molecule has 0 atom stereocenters. The third kappa shape index (κ3) is 4.10. The SMILES string of the molecule is O=C(NCCOc1ccc2ccccc2c1)c1cc(Cl)ccc1[N+](=O)[O-]. The molecule has 0 spiro atoms. The Kier molecular flexibility index (Phi) is 5.34. The molecule has 0 saturated heterocycles. The minimum Gasteiger partial charge on any atom is -0.492 e. The van der Waals surface area contributed by atoms with E-state index < -0.39 is 10.8 Å². The molecule has 7 heteroatoms. The maximum atomic E-state index is 12.2. The monoisotopic (exact) mass is 370 g/mol. The normalized spacial score (nSPS) is 10.5. The van der Waals surface area contributed by atoms with Crippen LogP contribution in [0.1, 0.15) is 10.4 Å². The van der Waals surface area contributed by atoms with Gasteiger partial charge < -0.3 is 10.1 Å². The number of benzene rings is 3. The van der Waals surface area contributed by atoms with Crippen molar-refractivity contribution in [1.82, 2.24) is 5.32 Å². The molecule has 0 unspecified atom stereocenters. The molecular weight excluding hydrogens is 356 g/mol. The predicted molar refractivity (Wildman–Crippen MR) is 99.9 cm³/mol. The fraction of sp³-hybridized carbons (Fsp3) is 0.105. The van der Waals surface area contributed by atoms with Gasteiger partial charge in [-0.1, -0.05) is 41.9 Å². The zero-order chi connectivity index (χ0) is 18.5. The van der Waals surface area contributed by atoms with Crippen LogP contribution in [-0.4, -0.2) is 24.0 Å². The van der Waals surface area contributed by atoms with E-state index in [1.807, 2.05) is 42.5 Å². The van der Waals surface area contributed by atoms with E-state index in [4.69, 9.17) is 16.3 Å². The first-order chi connectivity index (χ1) is 12.5. The first-order valence-electron chi connectivity index (χ1n) is 7.88. The number of hydrogen-bond acceptors (Lipinski definition) is 4. The fourth-order valence-corrected chi connectivity index (χ4v) is 2.71. The van der Waals surface area contributed by atoms with Gasteiger partial charge in [0.15, 0.2) is 0 Å². The molecule has 1 N–H and O–H groups in total. The van der Waals surface area contributed by atoms with Gasteiger partial charge in [-0.3, -0.25) is 14.9 Å². The van der Waals surface area contributed by atoms with E-state index in [2.05, 4.69) is 5.32 Å². The van der Waals surface area contributed by atoms with Crippen molar-refractivity contribution in [3.63, 3.8) is 0 Å². The molecule has 0 saturated carbocycles. The molecular formula is C19H15ClN2O4. The molecule has 3 aromatic rings. The number of hydrogen-bond donors (Lipinski definition) is 1. The van der Waals surface area contributed by atoms with Crippen molar-refractivity contribution in [3.8, 4) is 5.75 Å². The number of carbonyl (C=O) groups is 1. The summed E-state index contributed by atoms with van der Waals surface area (Å²) < 4.78 is 5.63. The van der Waals surface area contributed by atoms with Crippen LogP contribution in [-0.2, 0) is 0 Å². The summed E-state index contributed by atoms with van der Waals surface area (Å²) in [5.74, 6) is 0.119. The molecule has 0 bridgehead atoms. The standard InChI is InChI=1S/C19H15ClN2O4/c20-15-6-8-18(22(24)25)17(12-15)19(23)21-9-10-26-16-7-5-13-3-1-2-4-14(13)11-16/h1-8,11-12H,9-10H2,(H,21,23). The summed E-state index contributed by atoms with van der Waals surface area (Å²) in [6.07, 6.45) is 0. The van der Waals surface area contributed by atoms with Crippen LogP contribution in [0.3, 0.4) is 0 Å². The first-order valence-corrected chi connectivity index (χ1v) is 8.26. The number of carbonyl (C=O) groups excluding carboxylic acids is 1. The Labute approximate surface area is 154 Å². The maximum Gasteiger partial charge on any atom is 0.282 e. The lowest BCUT2D eigenvalue weighted by Gasteiger charge is -2.09. The molecule has 0 aliphatic heterocycles. The molecule has 0 aromatic heterocycles. The first kappa shape index (κ1) is 17.7. The van der Waals surface area contributed by atoms with E-state index in [1.165, 1.54) is 18.2 Å². The van der Waals surface area contributed by atoms with Gasteiger partial charge in [0.05, 0.1) is 11.5 Å². The Balaban J connectivity index is 1.58. The summed E-state index contributed by atoms with van der Waals surface area (Å²) in [4.78, 5) is 22.6. The highest BCUT2D eigenvalue weighted by molar-refractivity contribution is 6.31. The number of nitrogens with one attached hydrogen (secondary N) is 1. The highest BCUT2D eigenvalue weighted by atomic mass is 35.5. The summed E-state index contributed by atoms with van der Waals surface area (Å²) >= 11 is 5.83. The predicted octanol–water partition coefficient (Wildman–Crippen LogP) is 4.21. The average molecular weight is 371 g/mol. The van der Waals surface area contributed by atoms with Crippen molar-refractivity contribution in [2.24, 2.45) is 0 Å². The highest BCUT2D eigenvalue weighted by Crippen LogP contribution is 2.23. The van der Waals surface area contributed by atoms with Gasteiger partial charge in [0.1, 0.15) is 17.9 Å². The van der Waals surface area contributed by atoms with Crippen LogP contribution >= 0.6 is 11.6 Å². The van der Waals surface area contributed by atoms with Gasteiger partial charge in [-0.2, -0.15) is 0 Å². The second-order valence-corrected chi connectivity index (χ2v) is 5.97. The van der Waals surface area contributed by atoms with E-state index in [0.29, 0.717) is 5.75 Å².